The molecule has 0 aliphatic carbocycles. The Morgan fingerprint density at radius 2 is 1.62 bits per heavy atom. The molecule has 0 aliphatic rings. The smallest absolute Gasteiger partial charge is 0.259 e. The molecule has 0 saturated carbocycles. The van der Waals surface area contributed by atoms with Crippen LogP contribution in [0.15, 0.2) is 47.6 Å². The van der Waals surface area contributed by atoms with E-state index < -0.39 is 11.8 Å². The van der Waals surface area contributed by atoms with Crippen LogP contribution in [0.3, 0.4) is 0 Å². The van der Waals surface area contributed by atoms with Gasteiger partial charge in [-0.2, -0.15) is 5.10 Å². The number of nitrogens with zero attached hydrogens (tertiary/aromatic N) is 2. The molecule has 0 atom stereocenters. The van der Waals surface area contributed by atoms with Crippen LogP contribution in [0.4, 0.5) is 5.69 Å². The van der Waals surface area contributed by atoms with Crippen molar-refractivity contribution >= 4 is 23.7 Å². The van der Waals surface area contributed by atoms with Crippen molar-refractivity contribution < 1.29 is 19.1 Å². The molecule has 8 heteroatoms. The van der Waals surface area contributed by atoms with Crippen LogP contribution >= 0.6 is 0 Å². The number of carbonyl (C=O) groups excluding carboxylic acids is 2. The molecule has 2 aromatic rings. The number of nitrogens with one attached hydrogen (secondary N) is 2. The number of methoxy groups -OCH3 is 2. The van der Waals surface area contributed by atoms with Gasteiger partial charge in [0.2, 0.25) is 0 Å². The van der Waals surface area contributed by atoms with Gasteiger partial charge < -0.3 is 19.7 Å². The summed E-state index contributed by atoms with van der Waals surface area (Å²) in [5.74, 6) is 0.133. The quantitative estimate of drug-likeness (QED) is 0.391. The number of carbonyl (C=O) groups is 2. The van der Waals surface area contributed by atoms with Crippen molar-refractivity contribution in [2.45, 2.75) is 26.7 Å². The van der Waals surface area contributed by atoms with Crippen LogP contribution in [0.5, 0.6) is 11.5 Å². The Morgan fingerprint density at radius 1 is 0.969 bits per heavy atom. The van der Waals surface area contributed by atoms with Gasteiger partial charge in [-0.1, -0.05) is 26.0 Å². The number of rotatable bonds is 12. The van der Waals surface area contributed by atoms with Gasteiger partial charge in [0, 0.05) is 24.3 Å². The van der Waals surface area contributed by atoms with Gasteiger partial charge >= 0.3 is 0 Å². The number of amides is 2. The molecule has 0 aliphatic heterocycles. The van der Waals surface area contributed by atoms with E-state index in [0.717, 1.165) is 31.5 Å². The van der Waals surface area contributed by atoms with Crippen LogP contribution in [-0.2, 0) is 4.79 Å². The molecule has 0 unspecified atom stereocenters. The standard InChI is InChI=1S/C24H32N4O4/c1-5-13-28(14-6-2)20-10-7-18(8-11-20)16-26-27-23(29)17-25-24(30)19-9-12-21(31-3)22(15-19)32-4/h7-12,15-16H,5-6,13-14,17H2,1-4H3,(H,25,30)(H,27,29)/b26-16+. The number of hydrogen-bond acceptors (Lipinski definition) is 6. The molecule has 0 radical (unpaired) electrons. The maximum absolute atomic E-state index is 12.3. The Hall–Kier alpha value is -3.55. The first-order valence-corrected chi connectivity index (χ1v) is 10.7. The van der Waals surface area contributed by atoms with Gasteiger partial charge in [0.25, 0.3) is 11.8 Å². The normalized spacial score (nSPS) is 10.6. The summed E-state index contributed by atoms with van der Waals surface area (Å²) in [5.41, 5.74) is 4.82. The summed E-state index contributed by atoms with van der Waals surface area (Å²) in [4.78, 5) is 26.6. The summed E-state index contributed by atoms with van der Waals surface area (Å²) < 4.78 is 10.3. The topological polar surface area (TPSA) is 92.3 Å². The Bertz CT molecular complexity index is 907. The second-order valence-corrected chi connectivity index (χ2v) is 7.12. The van der Waals surface area contributed by atoms with Gasteiger partial charge in [0.15, 0.2) is 11.5 Å². The van der Waals surface area contributed by atoms with Crippen LogP contribution in [-0.4, -0.2) is 51.9 Å². The number of hydrazone groups is 1. The molecular weight excluding hydrogens is 408 g/mol. The van der Waals surface area contributed by atoms with Crippen molar-refractivity contribution in [3.05, 3.63) is 53.6 Å². The highest BCUT2D eigenvalue weighted by molar-refractivity contribution is 5.97. The highest BCUT2D eigenvalue weighted by Crippen LogP contribution is 2.27. The largest absolute Gasteiger partial charge is 0.493 e. The number of hydrogen-bond donors (Lipinski definition) is 2. The Morgan fingerprint density at radius 3 is 2.22 bits per heavy atom. The molecule has 2 rings (SSSR count). The van der Waals surface area contributed by atoms with E-state index in [0.29, 0.717) is 17.1 Å². The van der Waals surface area contributed by atoms with Gasteiger partial charge in [-0.25, -0.2) is 5.43 Å². The van der Waals surface area contributed by atoms with Crippen LogP contribution in [0, 0.1) is 0 Å². The van der Waals surface area contributed by atoms with Crippen LogP contribution in [0.2, 0.25) is 0 Å². The van der Waals surface area contributed by atoms with E-state index in [2.05, 4.69) is 46.7 Å². The number of ether oxygens (including phenoxy) is 2. The minimum atomic E-state index is -0.427. The summed E-state index contributed by atoms with van der Waals surface area (Å²) in [6.07, 6.45) is 3.76. The second kappa shape index (κ2) is 13.0. The molecule has 172 valence electrons. The number of anilines is 1. The third-order valence-corrected chi connectivity index (χ3v) is 4.70. The second-order valence-electron chi connectivity index (χ2n) is 7.12. The monoisotopic (exact) mass is 440 g/mol. The fourth-order valence-electron chi connectivity index (χ4n) is 3.14. The Labute approximate surface area is 189 Å². The zero-order chi connectivity index (χ0) is 23.3. The maximum Gasteiger partial charge on any atom is 0.259 e. The van der Waals surface area contributed by atoms with Gasteiger partial charge in [0.1, 0.15) is 0 Å². The van der Waals surface area contributed by atoms with E-state index >= 15 is 0 Å². The minimum absolute atomic E-state index is 0.202. The molecule has 0 bridgehead atoms. The molecule has 0 fully saturated rings. The summed E-state index contributed by atoms with van der Waals surface area (Å²) in [7, 11) is 3.01. The lowest BCUT2D eigenvalue weighted by Crippen LogP contribution is -2.34. The highest BCUT2D eigenvalue weighted by atomic mass is 16.5. The molecule has 0 aromatic heterocycles. The van der Waals surface area contributed by atoms with Gasteiger partial charge in [-0.05, 0) is 48.7 Å². The average molecular weight is 441 g/mol. The lowest BCUT2D eigenvalue weighted by Gasteiger charge is -2.23. The molecule has 2 amide bonds. The van der Waals surface area contributed by atoms with E-state index in [-0.39, 0.29) is 6.54 Å². The lowest BCUT2D eigenvalue weighted by atomic mass is 10.2. The van der Waals surface area contributed by atoms with E-state index in [1.54, 1.807) is 24.4 Å². The first-order valence-electron chi connectivity index (χ1n) is 10.7. The lowest BCUT2D eigenvalue weighted by molar-refractivity contribution is -0.120. The van der Waals surface area contributed by atoms with Crippen molar-refractivity contribution in [1.29, 1.82) is 0 Å². The van der Waals surface area contributed by atoms with Crippen LogP contribution in [0.1, 0.15) is 42.6 Å². The van der Waals surface area contributed by atoms with Gasteiger partial charge in [0.05, 0.1) is 27.0 Å². The maximum atomic E-state index is 12.3. The first-order chi connectivity index (χ1) is 15.5. The Kier molecular flexibility index (Phi) is 10.0. The van der Waals surface area contributed by atoms with Crippen LogP contribution < -0.4 is 25.1 Å². The third kappa shape index (κ3) is 7.30. The first kappa shape index (κ1) is 24.7. The van der Waals surface area contributed by atoms with Crippen molar-refractivity contribution in [3.63, 3.8) is 0 Å². The number of benzene rings is 2. The van der Waals surface area contributed by atoms with Crippen molar-refractivity contribution in [2.75, 3.05) is 38.8 Å². The third-order valence-electron chi connectivity index (χ3n) is 4.70. The van der Waals surface area contributed by atoms with Gasteiger partial charge in [-0.3, -0.25) is 9.59 Å². The van der Waals surface area contributed by atoms with Gasteiger partial charge in [-0.15, -0.1) is 0 Å². The van der Waals surface area contributed by atoms with E-state index in [4.69, 9.17) is 9.47 Å². The molecule has 32 heavy (non-hydrogen) atoms. The zero-order valence-electron chi connectivity index (χ0n) is 19.2. The molecule has 2 N–H and O–H groups in total. The molecule has 0 saturated heterocycles. The minimum Gasteiger partial charge on any atom is -0.493 e. The highest BCUT2D eigenvalue weighted by Gasteiger charge is 2.11. The van der Waals surface area contributed by atoms with Crippen molar-refractivity contribution in [3.8, 4) is 11.5 Å². The predicted octanol–water partition coefficient (Wildman–Crippen LogP) is 3.21. The fourth-order valence-corrected chi connectivity index (χ4v) is 3.14. The van der Waals surface area contributed by atoms with E-state index in [1.807, 2.05) is 12.1 Å². The SMILES string of the molecule is CCCN(CCC)c1ccc(/C=N/NC(=O)CNC(=O)c2ccc(OC)c(OC)c2)cc1. The fraction of sp³-hybridized carbons (Fsp3) is 0.375. The Balaban J connectivity index is 1.84. The van der Waals surface area contributed by atoms with Crippen molar-refractivity contribution in [2.24, 2.45) is 5.10 Å². The average Bonchev–Trinajstić information content (AvgIpc) is 2.82. The molecule has 0 heterocycles. The predicted molar refractivity (Wildman–Crippen MR) is 127 cm³/mol. The summed E-state index contributed by atoms with van der Waals surface area (Å²) in [5, 5.41) is 6.52. The summed E-state index contributed by atoms with van der Waals surface area (Å²) in [6.45, 7) is 6.18. The zero-order valence-corrected chi connectivity index (χ0v) is 19.2. The molecule has 8 nitrogen and oxygen atoms in total. The summed E-state index contributed by atoms with van der Waals surface area (Å²) in [6, 6.07) is 12.8. The van der Waals surface area contributed by atoms with E-state index in [9.17, 15) is 9.59 Å². The van der Waals surface area contributed by atoms with E-state index in [1.165, 1.54) is 19.9 Å². The molecule has 0 spiro atoms. The molecular formula is C24H32N4O4. The molecule has 2 aromatic carbocycles. The van der Waals surface area contributed by atoms with Crippen molar-refractivity contribution in [1.82, 2.24) is 10.7 Å². The summed E-state index contributed by atoms with van der Waals surface area (Å²) >= 11 is 0. The van der Waals surface area contributed by atoms with Crippen LogP contribution in [0.25, 0.3) is 0 Å².